The highest BCUT2D eigenvalue weighted by molar-refractivity contribution is 7.89. The van der Waals surface area contributed by atoms with Gasteiger partial charge in [-0.15, -0.1) is 0 Å². The van der Waals surface area contributed by atoms with Crippen LogP contribution < -0.4 is 0 Å². The van der Waals surface area contributed by atoms with Crippen molar-refractivity contribution in [2.24, 2.45) is 5.92 Å². The van der Waals surface area contributed by atoms with Gasteiger partial charge in [-0.1, -0.05) is 30.4 Å². The van der Waals surface area contributed by atoms with Crippen molar-refractivity contribution < 1.29 is 13.3 Å². The molecule has 0 saturated carbocycles. The number of nitrogens with zero attached hydrogens (tertiary/aromatic N) is 1. The summed E-state index contributed by atoms with van der Waals surface area (Å²) in [6, 6.07) is 7.11. The lowest BCUT2D eigenvalue weighted by molar-refractivity contribution is -0.108. The third-order valence-electron chi connectivity index (χ3n) is 3.10. The van der Waals surface area contributed by atoms with E-state index >= 15 is 0 Å². The third-order valence-corrected chi connectivity index (χ3v) is 4.80. The molecule has 106 valence electrons. The Morgan fingerprint density at radius 1 is 1.21 bits per heavy atom. The van der Waals surface area contributed by atoms with Gasteiger partial charge in [0.15, 0.2) is 0 Å². The molecule has 0 atom stereocenters. The summed E-state index contributed by atoms with van der Waals surface area (Å²) in [5.41, 5.74) is 1.16. The second kappa shape index (κ2) is 6.03. The van der Waals surface area contributed by atoms with Crippen molar-refractivity contribution in [2.45, 2.75) is 38.0 Å². The summed E-state index contributed by atoms with van der Waals surface area (Å²) in [6.45, 7) is 5.21. The Kier molecular flexibility index (Phi) is 4.60. The first-order chi connectivity index (χ1) is 9.00. The normalized spacial score (nSPS) is 17.8. The van der Waals surface area contributed by atoms with Crippen LogP contribution >= 0.6 is 0 Å². The minimum atomic E-state index is -3.50. The Bertz CT molecular complexity index is 502. The summed E-state index contributed by atoms with van der Waals surface area (Å²) < 4.78 is 25.8. The molecule has 0 bridgehead atoms. The predicted octanol–water partition coefficient (Wildman–Crippen LogP) is 2.60. The predicted molar refractivity (Wildman–Crippen MR) is 74.1 cm³/mol. The van der Waals surface area contributed by atoms with E-state index in [9.17, 15) is 8.42 Å². The first-order valence-electron chi connectivity index (χ1n) is 6.75. The SMILES string of the molecule is CC(C)Cc1ccc(S(=O)(=O)N2CCCCO2)cc1. The molecule has 1 fully saturated rings. The lowest BCUT2D eigenvalue weighted by Gasteiger charge is -2.25. The monoisotopic (exact) mass is 283 g/mol. The number of hydrogen-bond acceptors (Lipinski definition) is 3. The maximum Gasteiger partial charge on any atom is 0.265 e. The van der Waals surface area contributed by atoms with E-state index in [0.717, 1.165) is 29.3 Å². The molecule has 1 heterocycles. The average Bonchev–Trinajstić information content (AvgIpc) is 2.40. The zero-order valence-corrected chi connectivity index (χ0v) is 12.3. The highest BCUT2D eigenvalue weighted by Crippen LogP contribution is 2.20. The van der Waals surface area contributed by atoms with Crippen LogP contribution in [-0.2, 0) is 21.3 Å². The second-order valence-corrected chi connectivity index (χ2v) is 7.14. The highest BCUT2D eigenvalue weighted by Gasteiger charge is 2.27. The summed E-state index contributed by atoms with van der Waals surface area (Å²) in [5, 5.41) is 0. The molecule has 1 aromatic rings. The van der Waals surface area contributed by atoms with E-state index < -0.39 is 10.0 Å². The van der Waals surface area contributed by atoms with Gasteiger partial charge in [0, 0.05) is 6.54 Å². The topological polar surface area (TPSA) is 46.6 Å². The van der Waals surface area contributed by atoms with Crippen LogP contribution in [0.2, 0.25) is 0 Å². The van der Waals surface area contributed by atoms with Gasteiger partial charge in [-0.3, -0.25) is 4.84 Å². The van der Waals surface area contributed by atoms with Gasteiger partial charge in [0.05, 0.1) is 11.5 Å². The molecule has 0 aliphatic carbocycles. The van der Waals surface area contributed by atoms with Gasteiger partial charge >= 0.3 is 0 Å². The number of benzene rings is 1. The van der Waals surface area contributed by atoms with E-state index in [1.807, 2.05) is 12.1 Å². The summed E-state index contributed by atoms with van der Waals surface area (Å²) in [6.07, 6.45) is 2.73. The van der Waals surface area contributed by atoms with Crippen LogP contribution in [-0.4, -0.2) is 26.0 Å². The summed E-state index contributed by atoms with van der Waals surface area (Å²) >= 11 is 0. The quantitative estimate of drug-likeness (QED) is 0.853. The van der Waals surface area contributed by atoms with Crippen LogP contribution in [0.15, 0.2) is 29.2 Å². The number of hydroxylamine groups is 1. The molecule has 0 unspecified atom stereocenters. The molecule has 1 saturated heterocycles. The van der Waals surface area contributed by atoms with Gasteiger partial charge in [-0.05, 0) is 42.9 Å². The van der Waals surface area contributed by atoms with Crippen LogP contribution in [0.25, 0.3) is 0 Å². The second-order valence-electron chi connectivity index (χ2n) is 5.31. The minimum absolute atomic E-state index is 0.307. The maximum atomic E-state index is 12.3. The first kappa shape index (κ1) is 14.5. The molecule has 1 aliphatic heterocycles. The molecule has 0 N–H and O–H groups in total. The summed E-state index contributed by atoms with van der Waals surface area (Å²) in [7, 11) is -3.50. The Morgan fingerprint density at radius 3 is 2.42 bits per heavy atom. The fraction of sp³-hybridized carbons (Fsp3) is 0.571. The van der Waals surface area contributed by atoms with E-state index in [0.29, 0.717) is 24.0 Å². The van der Waals surface area contributed by atoms with Crippen molar-refractivity contribution >= 4 is 10.0 Å². The first-order valence-corrected chi connectivity index (χ1v) is 8.19. The fourth-order valence-electron chi connectivity index (χ4n) is 2.15. The summed E-state index contributed by atoms with van der Waals surface area (Å²) in [5.74, 6) is 0.563. The molecule has 1 aromatic carbocycles. The van der Waals surface area contributed by atoms with E-state index in [1.165, 1.54) is 0 Å². The van der Waals surface area contributed by atoms with E-state index in [1.54, 1.807) is 12.1 Å². The fourth-order valence-corrected chi connectivity index (χ4v) is 3.45. The molecule has 19 heavy (non-hydrogen) atoms. The third kappa shape index (κ3) is 3.55. The van der Waals surface area contributed by atoms with E-state index in [-0.39, 0.29) is 0 Å². The van der Waals surface area contributed by atoms with Gasteiger partial charge in [-0.25, -0.2) is 8.42 Å². The molecule has 2 rings (SSSR count). The number of hydrogen-bond donors (Lipinski definition) is 0. The smallest absolute Gasteiger partial charge is 0.265 e. The average molecular weight is 283 g/mol. The van der Waals surface area contributed by atoms with E-state index in [2.05, 4.69) is 13.8 Å². The van der Waals surface area contributed by atoms with Crippen LogP contribution in [0.5, 0.6) is 0 Å². The van der Waals surface area contributed by atoms with Crippen LogP contribution in [0.1, 0.15) is 32.3 Å². The van der Waals surface area contributed by atoms with E-state index in [4.69, 9.17) is 4.84 Å². The van der Waals surface area contributed by atoms with Crippen molar-refractivity contribution in [3.8, 4) is 0 Å². The Morgan fingerprint density at radius 2 is 1.89 bits per heavy atom. The van der Waals surface area contributed by atoms with Crippen molar-refractivity contribution in [3.63, 3.8) is 0 Å². The molecule has 5 heteroatoms. The Labute approximate surface area is 115 Å². The van der Waals surface area contributed by atoms with Gasteiger partial charge in [0.25, 0.3) is 10.0 Å². The molecule has 0 aromatic heterocycles. The van der Waals surface area contributed by atoms with Crippen molar-refractivity contribution in [3.05, 3.63) is 29.8 Å². The molecule has 0 amide bonds. The highest BCUT2D eigenvalue weighted by atomic mass is 32.2. The zero-order chi connectivity index (χ0) is 13.9. The van der Waals surface area contributed by atoms with Gasteiger partial charge < -0.3 is 0 Å². The van der Waals surface area contributed by atoms with Crippen molar-refractivity contribution in [2.75, 3.05) is 13.2 Å². The molecule has 0 spiro atoms. The lowest BCUT2D eigenvalue weighted by Crippen LogP contribution is -2.35. The molecular formula is C14H21NO3S. The van der Waals surface area contributed by atoms with Gasteiger partial charge in [0.2, 0.25) is 0 Å². The van der Waals surface area contributed by atoms with Crippen molar-refractivity contribution in [1.29, 1.82) is 0 Å². The van der Waals surface area contributed by atoms with Crippen molar-refractivity contribution in [1.82, 2.24) is 4.47 Å². The molecular weight excluding hydrogens is 262 g/mol. The minimum Gasteiger partial charge on any atom is -0.284 e. The van der Waals surface area contributed by atoms with Gasteiger partial charge in [0.1, 0.15) is 0 Å². The summed E-state index contributed by atoms with van der Waals surface area (Å²) in [4.78, 5) is 5.54. The molecule has 1 aliphatic rings. The van der Waals surface area contributed by atoms with Crippen LogP contribution in [0.3, 0.4) is 0 Å². The Balaban J connectivity index is 2.16. The largest absolute Gasteiger partial charge is 0.284 e. The Hall–Kier alpha value is -0.910. The maximum absolute atomic E-state index is 12.3. The standard InChI is InChI=1S/C14H21NO3S/c1-12(2)11-13-5-7-14(8-6-13)19(16,17)15-9-3-4-10-18-15/h5-8,12H,3-4,9-11H2,1-2H3. The van der Waals surface area contributed by atoms with Crippen LogP contribution in [0.4, 0.5) is 0 Å². The lowest BCUT2D eigenvalue weighted by atomic mass is 10.0. The zero-order valence-electron chi connectivity index (χ0n) is 11.5. The molecule has 0 radical (unpaired) electrons. The van der Waals surface area contributed by atoms with Crippen LogP contribution in [0, 0.1) is 5.92 Å². The van der Waals surface area contributed by atoms with Gasteiger partial charge in [-0.2, -0.15) is 0 Å². The molecule has 4 nitrogen and oxygen atoms in total. The number of sulfonamides is 1. The number of rotatable bonds is 4.